The van der Waals surface area contributed by atoms with E-state index in [1.807, 2.05) is 0 Å². The van der Waals surface area contributed by atoms with Gasteiger partial charge in [0, 0.05) is 27.1 Å². The Bertz CT molecular complexity index is 360. The van der Waals surface area contributed by atoms with E-state index < -0.39 is 24.0 Å². The van der Waals surface area contributed by atoms with Gasteiger partial charge in [-0.2, -0.15) is 0 Å². The third-order valence-electron chi connectivity index (χ3n) is 3.09. The van der Waals surface area contributed by atoms with Crippen LogP contribution < -0.4 is 10.6 Å². The molecule has 1 fully saturated rings. The molecule has 19 heavy (non-hydrogen) atoms. The molecule has 0 aromatic rings. The summed E-state index contributed by atoms with van der Waals surface area (Å²) in [4.78, 5) is 35.1. The maximum atomic E-state index is 11.8. The number of carbonyl (C=O) groups is 3. The van der Waals surface area contributed by atoms with E-state index in [2.05, 4.69) is 10.6 Å². The van der Waals surface area contributed by atoms with Gasteiger partial charge in [0.05, 0.1) is 19.3 Å². The van der Waals surface area contributed by atoms with Crippen molar-refractivity contribution in [2.45, 2.75) is 12.5 Å². The lowest BCUT2D eigenvalue weighted by Gasteiger charge is -2.26. The van der Waals surface area contributed by atoms with Crippen molar-refractivity contribution >= 4 is 17.9 Å². The minimum absolute atomic E-state index is 0.107. The molecule has 0 aromatic heterocycles. The first-order valence-electron chi connectivity index (χ1n) is 5.99. The molecule has 1 saturated heterocycles. The van der Waals surface area contributed by atoms with E-state index in [1.165, 1.54) is 19.0 Å². The predicted molar refractivity (Wildman–Crippen MR) is 65.6 cm³/mol. The second-order valence-electron chi connectivity index (χ2n) is 4.32. The fourth-order valence-electron chi connectivity index (χ4n) is 1.84. The van der Waals surface area contributed by atoms with Crippen LogP contribution in [0.4, 0.5) is 4.79 Å². The van der Waals surface area contributed by atoms with Gasteiger partial charge in [0.25, 0.3) is 0 Å². The number of aliphatic carboxylic acids is 1. The minimum atomic E-state index is -0.979. The lowest BCUT2D eigenvalue weighted by Crippen LogP contribution is -2.48. The summed E-state index contributed by atoms with van der Waals surface area (Å²) < 4.78 is 5.10. The number of carboxylic acid groups (broad SMARTS) is 1. The largest absolute Gasteiger partial charge is 0.481 e. The number of carboxylic acids is 1. The highest BCUT2D eigenvalue weighted by Crippen LogP contribution is 2.18. The van der Waals surface area contributed by atoms with Gasteiger partial charge in [-0.1, -0.05) is 0 Å². The molecular weight excluding hydrogens is 254 g/mol. The Morgan fingerprint density at radius 1 is 1.37 bits per heavy atom. The number of amides is 3. The zero-order chi connectivity index (χ0) is 14.4. The lowest BCUT2D eigenvalue weighted by atomic mass is 10.0. The molecule has 1 aliphatic heterocycles. The van der Waals surface area contributed by atoms with E-state index in [0.29, 0.717) is 0 Å². The molecule has 3 N–H and O–H groups in total. The third-order valence-corrected chi connectivity index (χ3v) is 3.09. The van der Waals surface area contributed by atoms with Crippen molar-refractivity contribution in [3.63, 3.8) is 0 Å². The maximum absolute atomic E-state index is 11.8. The molecule has 2 atom stereocenters. The lowest BCUT2D eigenvalue weighted by molar-refractivity contribution is -0.142. The van der Waals surface area contributed by atoms with Gasteiger partial charge < -0.3 is 25.4 Å². The Morgan fingerprint density at radius 3 is 2.63 bits per heavy atom. The van der Waals surface area contributed by atoms with Crippen LogP contribution in [-0.4, -0.2) is 67.8 Å². The summed E-state index contributed by atoms with van der Waals surface area (Å²) in [6.07, 6.45) is 0.180. The molecule has 0 spiro atoms. The molecular formula is C11H19N3O5. The number of nitrogens with one attached hydrogen (secondary N) is 2. The Balaban J connectivity index is 2.43. The van der Waals surface area contributed by atoms with Crippen LogP contribution in [0.1, 0.15) is 6.42 Å². The second-order valence-corrected chi connectivity index (χ2v) is 4.32. The zero-order valence-corrected chi connectivity index (χ0v) is 11.0. The summed E-state index contributed by atoms with van der Waals surface area (Å²) in [6, 6.07) is -0.900. The summed E-state index contributed by atoms with van der Waals surface area (Å²) in [6.45, 7) is 0.514. The van der Waals surface area contributed by atoms with E-state index in [9.17, 15) is 14.4 Å². The first-order valence-corrected chi connectivity index (χ1v) is 5.99. The number of rotatable bonds is 5. The Labute approximate surface area is 111 Å². The molecule has 108 valence electrons. The van der Waals surface area contributed by atoms with Crippen LogP contribution in [0.3, 0.4) is 0 Å². The summed E-state index contributed by atoms with van der Waals surface area (Å²) >= 11 is 0. The summed E-state index contributed by atoms with van der Waals surface area (Å²) in [5.74, 6) is -1.86. The first-order chi connectivity index (χ1) is 8.97. The van der Waals surface area contributed by atoms with Crippen LogP contribution in [0.2, 0.25) is 0 Å². The predicted octanol–water partition coefficient (Wildman–Crippen LogP) is -1.14. The Morgan fingerprint density at radius 2 is 2.05 bits per heavy atom. The molecule has 0 bridgehead atoms. The molecule has 3 amide bonds. The van der Waals surface area contributed by atoms with Crippen LogP contribution in [0.5, 0.6) is 0 Å². The number of ether oxygens (including phenoxy) is 1. The van der Waals surface area contributed by atoms with Crippen LogP contribution in [0, 0.1) is 5.92 Å². The zero-order valence-electron chi connectivity index (χ0n) is 11.0. The van der Waals surface area contributed by atoms with Crippen molar-refractivity contribution in [2.75, 3.05) is 33.9 Å². The van der Waals surface area contributed by atoms with Gasteiger partial charge >= 0.3 is 12.0 Å². The van der Waals surface area contributed by atoms with E-state index in [-0.39, 0.29) is 32.1 Å². The highest BCUT2D eigenvalue weighted by atomic mass is 16.5. The van der Waals surface area contributed by atoms with E-state index in [1.54, 1.807) is 0 Å². The monoisotopic (exact) mass is 273 g/mol. The molecule has 2 unspecified atom stereocenters. The first kappa shape index (κ1) is 15.2. The molecule has 0 radical (unpaired) electrons. The summed E-state index contributed by atoms with van der Waals surface area (Å²) in [5.41, 5.74) is 0. The average Bonchev–Trinajstić information content (AvgIpc) is 2.86. The van der Waals surface area contributed by atoms with Crippen molar-refractivity contribution in [3.8, 4) is 0 Å². The second kappa shape index (κ2) is 6.93. The molecule has 1 heterocycles. The molecule has 1 rings (SSSR count). The van der Waals surface area contributed by atoms with Crippen molar-refractivity contribution in [3.05, 3.63) is 0 Å². The highest BCUT2D eigenvalue weighted by Gasteiger charge is 2.38. The molecule has 8 heteroatoms. The van der Waals surface area contributed by atoms with E-state index >= 15 is 0 Å². The van der Waals surface area contributed by atoms with Gasteiger partial charge in [-0.15, -0.1) is 0 Å². The van der Waals surface area contributed by atoms with Gasteiger partial charge in [-0.25, -0.2) is 4.79 Å². The number of hydrogen-bond donors (Lipinski definition) is 3. The molecule has 1 aliphatic rings. The van der Waals surface area contributed by atoms with Gasteiger partial charge in [-0.3, -0.25) is 9.59 Å². The normalized spacial score (nSPS) is 21.8. The molecule has 0 aliphatic carbocycles. The van der Waals surface area contributed by atoms with Crippen LogP contribution in [-0.2, 0) is 14.3 Å². The van der Waals surface area contributed by atoms with Crippen molar-refractivity contribution in [2.24, 2.45) is 5.92 Å². The quantitative estimate of drug-likeness (QED) is 0.587. The number of urea groups is 1. The van der Waals surface area contributed by atoms with Gasteiger partial charge in [0.1, 0.15) is 5.92 Å². The van der Waals surface area contributed by atoms with Gasteiger partial charge in [0.2, 0.25) is 5.91 Å². The number of nitrogens with zero attached hydrogens (tertiary/aromatic N) is 1. The highest BCUT2D eigenvalue weighted by molar-refractivity contribution is 5.79. The molecule has 8 nitrogen and oxygen atoms in total. The summed E-state index contributed by atoms with van der Waals surface area (Å²) in [5, 5.41) is 14.0. The molecule has 0 aromatic carbocycles. The Kier molecular flexibility index (Phi) is 5.56. The van der Waals surface area contributed by atoms with Gasteiger partial charge in [-0.05, 0) is 0 Å². The standard InChI is InChI=1S/C11H19N3O5/c1-12-9(15)3-4-13-11(18)14(2)8-6-19-5-7(8)10(16)17/h7-8H,3-6H2,1-2H3,(H,12,15)(H,13,18)(H,16,17). The molecule has 0 saturated carbocycles. The van der Waals surface area contributed by atoms with Crippen LogP contribution in [0.25, 0.3) is 0 Å². The SMILES string of the molecule is CNC(=O)CCNC(=O)N(C)C1COCC1C(=O)O. The fraction of sp³-hybridized carbons (Fsp3) is 0.727. The van der Waals surface area contributed by atoms with Crippen molar-refractivity contribution in [1.82, 2.24) is 15.5 Å². The maximum Gasteiger partial charge on any atom is 0.317 e. The average molecular weight is 273 g/mol. The smallest absolute Gasteiger partial charge is 0.317 e. The van der Waals surface area contributed by atoms with Crippen molar-refractivity contribution in [1.29, 1.82) is 0 Å². The fourth-order valence-corrected chi connectivity index (χ4v) is 1.84. The third kappa shape index (κ3) is 4.09. The minimum Gasteiger partial charge on any atom is -0.481 e. The number of likely N-dealkylation sites (N-methyl/N-ethyl adjacent to an activating group) is 1. The van der Waals surface area contributed by atoms with E-state index in [4.69, 9.17) is 9.84 Å². The topological polar surface area (TPSA) is 108 Å². The van der Waals surface area contributed by atoms with Gasteiger partial charge in [0.15, 0.2) is 0 Å². The summed E-state index contributed by atoms with van der Waals surface area (Å²) in [7, 11) is 3.04. The number of carbonyl (C=O) groups excluding carboxylic acids is 2. The van der Waals surface area contributed by atoms with Crippen LogP contribution in [0.15, 0.2) is 0 Å². The van der Waals surface area contributed by atoms with Crippen molar-refractivity contribution < 1.29 is 24.2 Å². The Hall–Kier alpha value is -1.83. The van der Waals surface area contributed by atoms with E-state index in [0.717, 1.165) is 0 Å². The van der Waals surface area contributed by atoms with Crippen LogP contribution >= 0.6 is 0 Å². The number of hydrogen-bond acceptors (Lipinski definition) is 4.